The molecule has 1 amide bonds. The first-order chi connectivity index (χ1) is 11.6. The number of amides is 1. The van der Waals surface area contributed by atoms with Gasteiger partial charge in [0.25, 0.3) is 5.91 Å². The van der Waals surface area contributed by atoms with Crippen molar-refractivity contribution in [1.29, 1.82) is 0 Å². The Labute approximate surface area is 148 Å². The number of ketones is 1. The number of benzene rings is 2. The third-order valence-electron chi connectivity index (χ3n) is 3.43. The number of hydrogen-bond donors (Lipinski definition) is 1. The molecular weight excluding hydrogens is 342 g/mol. The molecule has 5 heteroatoms. The van der Waals surface area contributed by atoms with E-state index in [1.807, 2.05) is 24.3 Å². The summed E-state index contributed by atoms with van der Waals surface area (Å²) in [6, 6.07) is 19.6. The van der Waals surface area contributed by atoms with Crippen LogP contribution in [0.5, 0.6) is 0 Å². The van der Waals surface area contributed by atoms with Crippen LogP contribution in [0, 0.1) is 0 Å². The zero-order valence-electron chi connectivity index (χ0n) is 12.7. The number of carbonyl (C=O) groups excluding carboxylic acids is 2. The van der Waals surface area contributed by atoms with Crippen molar-refractivity contribution in [2.45, 2.75) is 6.54 Å². The molecular formula is C19H14ClNO2S. The molecule has 1 N–H and O–H groups in total. The summed E-state index contributed by atoms with van der Waals surface area (Å²) in [6.07, 6.45) is 0. The second-order valence-corrected chi connectivity index (χ2v) is 6.76. The largest absolute Gasteiger partial charge is 0.347 e. The molecule has 0 bridgehead atoms. The molecule has 1 heterocycles. The van der Waals surface area contributed by atoms with Gasteiger partial charge in [0.2, 0.25) is 5.78 Å². The molecule has 0 aliphatic rings. The highest BCUT2D eigenvalue weighted by molar-refractivity contribution is 7.14. The predicted octanol–water partition coefficient (Wildman–Crippen LogP) is 4.56. The molecule has 2 aromatic carbocycles. The van der Waals surface area contributed by atoms with E-state index in [2.05, 4.69) is 5.32 Å². The summed E-state index contributed by atoms with van der Waals surface area (Å²) in [7, 11) is 0. The van der Waals surface area contributed by atoms with E-state index < -0.39 is 0 Å². The van der Waals surface area contributed by atoms with Gasteiger partial charge in [0.15, 0.2) is 0 Å². The number of nitrogens with one attached hydrogen (secondary N) is 1. The van der Waals surface area contributed by atoms with Crippen molar-refractivity contribution in [1.82, 2.24) is 5.32 Å². The van der Waals surface area contributed by atoms with Crippen molar-refractivity contribution in [2.24, 2.45) is 0 Å². The second-order valence-electron chi connectivity index (χ2n) is 5.15. The van der Waals surface area contributed by atoms with Gasteiger partial charge in [-0.25, -0.2) is 0 Å². The zero-order chi connectivity index (χ0) is 16.9. The van der Waals surface area contributed by atoms with Crippen LogP contribution in [0.1, 0.15) is 30.5 Å². The predicted molar refractivity (Wildman–Crippen MR) is 96.8 cm³/mol. The maximum absolute atomic E-state index is 12.4. The van der Waals surface area contributed by atoms with E-state index in [1.54, 1.807) is 42.5 Å². The molecule has 0 saturated heterocycles. The summed E-state index contributed by atoms with van der Waals surface area (Å²) in [4.78, 5) is 26.0. The highest BCUT2D eigenvalue weighted by atomic mass is 35.5. The molecule has 120 valence electrons. The van der Waals surface area contributed by atoms with Gasteiger partial charge in [-0.3, -0.25) is 9.59 Å². The van der Waals surface area contributed by atoms with E-state index in [1.165, 1.54) is 11.3 Å². The van der Waals surface area contributed by atoms with Crippen LogP contribution in [0.2, 0.25) is 5.02 Å². The van der Waals surface area contributed by atoms with Gasteiger partial charge in [0.05, 0.1) is 11.4 Å². The van der Waals surface area contributed by atoms with Gasteiger partial charge in [-0.2, -0.15) is 0 Å². The molecule has 0 aliphatic heterocycles. The Hall–Kier alpha value is -2.43. The van der Waals surface area contributed by atoms with Gasteiger partial charge in [-0.05, 0) is 30.3 Å². The molecule has 0 radical (unpaired) electrons. The molecule has 3 aromatic rings. The third-order valence-corrected chi connectivity index (χ3v) is 4.75. The van der Waals surface area contributed by atoms with E-state index >= 15 is 0 Å². The Morgan fingerprint density at radius 1 is 0.917 bits per heavy atom. The van der Waals surface area contributed by atoms with Crippen molar-refractivity contribution in [3.63, 3.8) is 0 Å². The molecule has 1 aromatic heterocycles. The lowest BCUT2D eigenvalue weighted by atomic mass is 10.1. The molecule has 0 fully saturated rings. The van der Waals surface area contributed by atoms with Gasteiger partial charge in [0.1, 0.15) is 0 Å². The number of hydrogen-bond acceptors (Lipinski definition) is 3. The normalized spacial score (nSPS) is 10.4. The van der Waals surface area contributed by atoms with E-state index in [9.17, 15) is 9.59 Å². The minimum absolute atomic E-state index is 0.00647. The van der Waals surface area contributed by atoms with Crippen LogP contribution >= 0.6 is 22.9 Å². The molecule has 0 saturated carbocycles. The highest BCUT2D eigenvalue weighted by Gasteiger charge is 2.12. The van der Waals surface area contributed by atoms with Crippen LogP contribution in [-0.4, -0.2) is 11.7 Å². The van der Waals surface area contributed by atoms with Crippen LogP contribution in [0.25, 0.3) is 0 Å². The lowest BCUT2D eigenvalue weighted by Crippen LogP contribution is -2.22. The topological polar surface area (TPSA) is 46.2 Å². The number of halogens is 1. The van der Waals surface area contributed by atoms with Crippen LogP contribution in [-0.2, 0) is 6.54 Å². The molecule has 0 spiro atoms. The molecule has 24 heavy (non-hydrogen) atoms. The van der Waals surface area contributed by atoms with Crippen molar-refractivity contribution in [3.05, 3.63) is 92.6 Å². The first kappa shape index (κ1) is 16.4. The average molecular weight is 356 g/mol. The zero-order valence-corrected chi connectivity index (χ0v) is 14.2. The Kier molecular flexibility index (Phi) is 5.08. The maximum atomic E-state index is 12.4. The Bertz CT molecular complexity index is 874. The number of thiophene rings is 1. The number of carbonyl (C=O) groups is 2. The van der Waals surface area contributed by atoms with E-state index in [0.717, 1.165) is 4.88 Å². The fourth-order valence-electron chi connectivity index (χ4n) is 2.23. The van der Waals surface area contributed by atoms with Gasteiger partial charge in [-0.1, -0.05) is 48.0 Å². The molecule has 0 atom stereocenters. The third kappa shape index (κ3) is 3.91. The molecule has 3 rings (SSSR count). The van der Waals surface area contributed by atoms with Crippen molar-refractivity contribution < 1.29 is 9.59 Å². The van der Waals surface area contributed by atoms with E-state index in [0.29, 0.717) is 27.6 Å². The lowest BCUT2D eigenvalue weighted by Gasteiger charge is -2.04. The van der Waals surface area contributed by atoms with Crippen LogP contribution < -0.4 is 5.32 Å². The molecule has 0 unspecified atom stereocenters. The monoisotopic (exact) mass is 355 g/mol. The Morgan fingerprint density at radius 3 is 2.42 bits per heavy atom. The fraction of sp³-hybridized carbons (Fsp3) is 0.0526. The van der Waals surface area contributed by atoms with Crippen LogP contribution in [0.3, 0.4) is 0 Å². The SMILES string of the molecule is O=C(NCc1ccc(C(=O)c2ccccc2)s1)c1cccc(Cl)c1. The first-order valence-corrected chi connectivity index (χ1v) is 8.55. The van der Waals surface area contributed by atoms with Gasteiger partial charge >= 0.3 is 0 Å². The summed E-state index contributed by atoms with van der Waals surface area (Å²) in [5.41, 5.74) is 1.17. The first-order valence-electron chi connectivity index (χ1n) is 7.36. The summed E-state index contributed by atoms with van der Waals surface area (Å²) >= 11 is 7.27. The lowest BCUT2D eigenvalue weighted by molar-refractivity contribution is 0.0950. The summed E-state index contributed by atoms with van der Waals surface area (Å²) in [6.45, 7) is 0.373. The van der Waals surface area contributed by atoms with Gasteiger partial charge in [-0.15, -0.1) is 11.3 Å². The quantitative estimate of drug-likeness (QED) is 0.682. The minimum Gasteiger partial charge on any atom is -0.347 e. The maximum Gasteiger partial charge on any atom is 0.251 e. The fourth-order valence-corrected chi connectivity index (χ4v) is 3.33. The van der Waals surface area contributed by atoms with Crippen LogP contribution in [0.15, 0.2) is 66.7 Å². The van der Waals surface area contributed by atoms with Gasteiger partial charge in [0, 0.05) is 21.0 Å². The van der Waals surface area contributed by atoms with Crippen LogP contribution in [0.4, 0.5) is 0 Å². The standard InChI is InChI=1S/C19H14ClNO2S/c20-15-8-4-7-14(11-15)19(23)21-12-16-9-10-17(24-16)18(22)13-5-2-1-3-6-13/h1-11H,12H2,(H,21,23). The minimum atomic E-state index is -0.193. The molecule has 3 nitrogen and oxygen atoms in total. The second kappa shape index (κ2) is 7.43. The Morgan fingerprint density at radius 2 is 1.67 bits per heavy atom. The summed E-state index contributed by atoms with van der Waals surface area (Å²) in [5, 5.41) is 3.36. The van der Waals surface area contributed by atoms with Crippen molar-refractivity contribution in [3.8, 4) is 0 Å². The van der Waals surface area contributed by atoms with Crippen molar-refractivity contribution >= 4 is 34.6 Å². The van der Waals surface area contributed by atoms with E-state index in [-0.39, 0.29) is 11.7 Å². The van der Waals surface area contributed by atoms with Crippen molar-refractivity contribution in [2.75, 3.05) is 0 Å². The summed E-state index contributed by atoms with van der Waals surface area (Å²) < 4.78 is 0. The highest BCUT2D eigenvalue weighted by Crippen LogP contribution is 2.20. The van der Waals surface area contributed by atoms with E-state index in [4.69, 9.17) is 11.6 Å². The molecule has 0 aliphatic carbocycles. The van der Waals surface area contributed by atoms with Gasteiger partial charge < -0.3 is 5.32 Å². The summed E-state index contributed by atoms with van der Waals surface area (Å²) in [5.74, 6) is -0.199. The smallest absolute Gasteiger partial charge is 0.251 e. The average Bonchev–Trinajstić information content (AvgIpc) is 3.09. The number of rotatable bonds is 5. The Balaban J connectivity index is 1.64.